The van der Waals surface area contributed by atoms with Gasteiger partial charge in [-0.25, -0.2) is 29.9 Å². The van der Waals surface area contributed by atoms with Crippen molar-refractivity contribution in [2.24, 2.45) is 11.5 Å². The Labute approximate surface area is 368 Å². The lowest BCUT2D eigenvalue weighted by atomic mass is 10.1. The first kappa shape index (κ1) is 46.5. The first-order valence-electron chi connectivity index (χ1n) is 21.0. The zero-order valence-corrected chi connectivity index (χ0v) is 36.3. The van der Waals surface area contributed by atoms with Crippen molar-refractivity contribution in [1.82, 2.24) is 49.7 Å². The van der Waals surface area contributed by atoms with Crippen LogP contribution in [-0.2, 0) is 32.2 Å². The van der Waals surface area contributed by atoms with Gasteiger partial charge < -0.3 is 72.4 Å². The van der Waals surface area contributed by atoms with E-state index in [0.717, 1.165) is 11.1 Å². The number of hydrogen-bond acceptors (Lipinski definition) is 18. The Morgan fingerprint density at radius 1 is 0.672 bits per heavy atom. The number of nitrogens with zero attached hydrogens (tertiary/aromatic N) is 10. The molecule has 0 radical (unpaired) electrons. The van der Waals surface area contributed by atoms with Crippen molar-refractivity contribution >= 4 is 45.8 Å². The molecule has 24 nitrogen and oxygen atoms in total. The van der Waals surface area contributed by atoms with Crippen molar-refractivity contribution in [3.63, 3.8) is 0 Å². The molecule has 10 atom stereocenters. The molecule has 6 heterocycles. The number of nitrogens with one attached hydrogen (secondary N) is 2. The molecule has 24 heteroatoms. The number of quaternary nitrogens is 2. The quantitative estimate of drug-likeness (QED) is 0.0383. The molecule has 64 heavy (non-hydrogen) atoms. The summed E-state index contributed by atoms with van der Waals surface area (Å²) < 4.78 is 16.0. The average molecular weight is 893 g/mol. The Hall–Kier alpha value is -5.54. The molecule has 7 rings (SSSR count). The van der Waals surface area contributed by atoms with Crippen molar-refractivity contribution < 1.29 is 48.5 Å². The third kappa shape index (κ3) is 10.2. The van der Waals surface area contributed by atoms with Crippen LogP contribution in [0.1, 0.15) is 36.4 Å². The maximum atomic E-state index is 13.0. The van der Waals surface area contributed by atoms with E-state index in [0.29, 0.717) is 70.3 Å². The molecule has 0 bridgehead atoms. The number of carbonyl (C=O) groups excluding carboxylic acids is 2. The zero-order chi connectivity index (χ0) is 46.1. The third-order valence-electron chi connectivity index (χ3n) is 12.0. The number of amides is 2. The smallest absolute Gasteiger partial charge is 0.237 e. The second-order valence-corrected chi connectivity index (χ2v) is 18.0. The molecule has 2 aliphatic heterocycles. The second kappa shape index (κ2) is 18.9. The van der Waals surface area contributed by atoms with E-state index in [4.69, 9.17) is 32.4 Å². The monoisotopic (exact) mass is 892 g/mol. The first-order valence-corrected chi connectivity index (χ1v) is 21.0. The van der Waals surface area contributed by atoms with E-state index in [1.165, 1.54) is 34.4 Å². The third-order valence-corrected chi connectivity index (χ3v) is 12.0. The molecule has 5 aromatic rings. The number of benzene rings is 1. The van der Waals surface area contributed by atoms with Crippen molar-refractivity contribution in [3.05, 3.63) is 60.7 Å². The number of aliphatic hydroxyl groups excluding tert-OH is 4. The summed E-state index contributed by atoms with van der Waals surface area (Å²) >= 11 is 0. The van der Waals surface area contributed by atoms with Gasteiger partial charge in [-0.3, -0.25) is 18.7 Å². The van der Waals surface area contributed by atoms with Crippen LogP contribution < -0.4 is 33.6 Å². The number of carbonyl (C=O) groups is 2. The van der Waals surface area contributed by atoms with E-state index in [9.17, 15) is 30.0 Å². The van der Waals surface area contributed by atoms with Crippen LogP contribution in [0.2, 0.25) is 0 Å². The molecule has 346 valence electrons. The number of nitrogen functional groups attached to an aromatic ring is 2. The molecular weight excluding hydrogens is 833 g/mol. The maximum absolute atomic E-state index is 13.0. The van der Waals surface area contributed by atoms with Crippen LogP contribution in [0.25, 0.3) is 22.3 Å². The van der Waals surface area contributed by atoms with Gasteiger partial charge in [0.15, 0.2) is 35.4 Å². The average Bonchev–Trinajstić information content (AvgIpc) is 4.03. The fourth-order valence-electron chi connectivity index (χ4n) is 8.22. The number of fused-ring (bicyclic) bond motifs is 2. The number of rotatable bonds is 18. The molecule has 2 amide bonds. The molecule has 14 N–H and O–H groups in total. The van der Waals surface area contributed by atoms with Gasteiger partial charge in [0.05, 0.1) is 66.0 Å². The molecule has 4 aromatic heterocycles. The predicted octanol–water partition coefficient (Wildman–Crippen LogP) is -3.41. The highest BCUT2D eigenvalue weighted by atomic mass is 16.6. The minimum Gasteiger partial charge on any atom is -0.387 e. The summed E-state index contributed by atoms with van der Waals surface area (Å²) in [6, 6.07) is 5.82. The van der Waals surface area contributed by atoms with Crippen LogP contribution in [0.3, 0.4) is 0 Å². The normalized spacial score (nSPS) is 24.9. The Balaban J connectivity index is 0.819. The van der Waals surface area contributed by atoms with Crippen LogP contribution >= 0.6 is 0 Å². The van der Waals surface area contributed by atoms with Gasteiger partial charge in [0.2, 0.25) is 11.8 Å². The lowest BCUT2D eigenvalue weighted by molar-refractivity contribution is -0.893. The SMILES string of the molecule is C[N+](C)(CC[C@H](N)C(=O)NCc1cccc(CNC(=O)[C@@H](N)CC[N+](C)(C)C[C@H]2O[C@@H](n3cnc4c(N)ncnc43)[C@H](O)[C@@H]2O)c1)C[C@H]1O[C@@H](n2cnc3c(N)ncnc32)[C@H](O)[C@@H]1O. The van der Waals surface area contributed by atoms with E-state index >= 15 is 0 Å². The summed E-state index contributed by atoms with van der Waals surface area (Å²) in [5.41, 5.74) is 27.5. The Kier molecular flexibility index (Phi) is 13.7. The van der Waals surface area contributed by atoms with Crippen LogP contribution in [0.5, 0.6) is 0 Å². The summed E-state index contributed by atoms with van der Waals surface area (Å²) in [6.07, 6.45) is -2.05. The van der Waals surface area contributed by atoms with Gasteiger partial charge in [-0.15, -0.1) is 0 Å². The Bertz CT molecular complexity index is 2270. The number of likely N-dealkylation sites (N-methyl/N-ethyl adjacent to an activating group) is 2. The molecule has 2 aliphatic rings. The van der Waals surface area contributed by atoms with E-state index in [-0.39, 0.29) is 36.5 Å². The van der Waals surface area contributed by atoms with Crippen molar-refractivity contribution in [3.8, 4) is 0 Å². The molecule has 2 fully saturated rings. The predicted molar refractivity (Wildman–Crippen MR) is 230 cm³/mol. The highest BCUT2D eigenvalue weighted by Crippen LogP contribution is 2.34. The van der Waals surface area contributed by atoms with Gasteiger partial charge in [-0.05, 0) is 11.1 Å². The Morgan fingerprint density at radius 3 is 1.48 bits per heavy atom. The van der Waals surface area contributed by atoms with E-state index in [1.54, 1.807) is 0 Å². The van der Waals surface area contributed by atoms with Crippen LogP contribution in [0.4, 0.5) is 11.6 Å². The fourth-order valence-corrected chi connectivity index (χ4v) is 8.22. The minimum absolute atomic E-state index is 0.190. The molecule has 0 spiro atoms. The maximum Gasteiger partial charge on any atom is 0.237 e. The van der Waals surface area contributed by atoms with Crippen LogP contribution in [0.15, 0.2) is 49.6 Å². The molecule has 0 unspecified atom stereocenters. The summed E-state index contributed by atoms with van der Waals surface area (Å²) in [5, 5.41) is 49.4. The van der Waals surface area contributed by atoms with E-state index < -0.39 is 61.2 Å². The topological polar surface area (TPSA) is 349 Å². The number of imidazole rings is 2. The van der Waals surface area contributed by atoms with Crippen molar-refractivity contribution in [2.75, 3.05) is 65.8 Å². The Morgan fingerprint density at radius 2 is 1.08 bits per heavy atom. The standard InChI is InChI=1S/C40H58N16O8/c1-55(2,15-25-29(57)31(59)39(63-25)53-19-51-27-33(43)47-17-49-35(27)53)10-8-23(41)37(61)45-13-21-6-5-7-22(12-21)14-46-38(62)24(42)9-11-56(3,4)16-26-30(58)32(60)40(64-26)54-20-52-28-34(44)48-18-50-36(28)54/h5-7,12,17-20,23-26,29-32,39-40,57-60H,8-11,13-16,41-42H2,1-4H3,(H4-2,43,44,45,46,47,48,49,50,61,62)/p+2/t23-,24-,25+,26+,29+,30+,31+,32+,39+,40+/m0/s1. The zero-order valence-electron chi connectivity index (χ0n) is 36.3. The number of aromatic nitrogens is 8. The summed E-state index contributed by atoms with van der Waals surface area (Å²) in [7, 11) is 7.71. The van der Waals surface area contributed by atoms with E-state index in [2.05, 4.69) is 40.5 Å². The van der Waals surface area contributed by atoms with Gasteiger partial charge in [0.25, 0.3) is 0 Å². The summed E-state index contributed by atoms with van der Waals surface area (Å²) in [6.45, 7) is 2.05. The number of anilines is 2. The van der Waals surface area contributed by atoms with Crippen molar-refractivity contribution in [2.45, 2.75) is 87.1 Å². The minimum atomic E-state index is -1.25. The first-order chi connectivity index (χ1) is 30.3. The molecule has 0 saturated carbocycles. The lowest BCUT2D eigenvalue weighted by Gasteiger charge is -2.33. The largest absolute Gasteiger partial charge is 0.387 e. The lowest BCUT2D eigenvalue weighted by Crippen LogP contribution is -2.51. The summed E-state index contributed by atoms with van der Waals surface area (Å²) in [4.78, 5) is 50.8. The number of ether oxygens (including phenoxy) is 2. The fraction of sp³-hybridized carbons (Fsp3) is 0.550. The number of hydrogen-bond donors (Lipinski definition) is 10. The molecule has 2 saturated heterocycles. The van der Waals surface area contributed by atoms with Gasteiger partial charge in [-0.1, -0.05) is 24.3 Å². The van der Waals surface area contributed by atoms with Crippen LogP contribution in [-0.4, -0.2) is 183 Å². The van der Waals surface area contributed by atoms with Crippen molar-refractivity contribution in [1.29, 1.82) is 0 Å². The van der Waals surface area contributed by atoms with E-state index in [1.807, 2.05) is 52.5 Å². The molecule has 0 aliphatic carbocycles. The van der Waals surface area contributed by atoms with Gasteiger partial charge in [0, 0.05) is 25.9 Å². The highest BCUT2D eigenvalue weighted by Gasteiger charge is 2.48. The van der Waals surface area contributed by atoms with Gasteiger partial charge in [-0.2, -0.15) is 0 Å². The van der Waals surface area contributed by atoms with Crippen LogP contribution in [0, 0.1) is 0 Å². The summed E-state index contributed by atoms with van der Waals surface area (Å²) in [5.74, 6) is -0.279. The number of aliphatic hydroxyl groups is 4. The molecule has 1 aromatic carbocycles. The number of nitrogens with two attached hydrogens (primary N) is 4. The second-order valence-electron chi connectivity index (χ2n) is 18.0. The highest BCUT2D eigenvalue weighted by molar-refractivity contribution is 5.83. The van der Waals surface area contributed by atoms with Gasteiger partial charge >= 0.3 is 0 Å². The van der Waals surface area contributed by atoms with Gasteiger partial charge in [0.1, 0.15) is 73.4 Å². The molecular formula is C40H60N16O8+2.